The van der Waals surface area contributed by atoms with Gasteiger partial charge in [-0.05, 0) is 78.9 Å². The lowest BCUT2D eigenvalue weighted by Gasteiger charge is -2.12. The number of nitrogens with two attached hydrogens (primary N) is 1. The Bertz CT molecular complexity index is 1940. The average molecular weight is 629 g/mol. The number of anilines is 7. The van der Waals surface area contributed by atoms with E-state index in [-0.39, 0.29) is 11.6 Å². The van der Waals surface area contributed by atoms with Gasteiger partial charge in [0.05, 0.1) is 30.5 Å². The van der Waals surface area contributed by atoms with E-state index in [0.29, 0.717) is 40.5 Å². The predicted octanol–water partition coefficient (Wildman–Crippen LogP) is 6.73. The number of nitrogens with zero attached hydrogens (tertiary/aromatic N) is 6. The molecule has 14 heteroatoms. The minimum Gasteiger partial charge on any atom is -0.497 e. The fourth-order valence-electron chi connectivity index (χ4n) is 4.52. The monoisotopic (exact) mass is 628 g/mol. The largest absolute Gasteiger partial charge is 0.497 e. The first kappa shape index (κ1) is 30.2. The molecular formula is C33H28N10O4. The molecule has 0 spiro atoms. The highest BCUT2D eigenvalue weighted by molar-refractivity contribution is 5.72. The van der Waals surface area contributed by atoms with E-state index < -0.39 is 4.92 Å². The van der Waals surface area contributed by atoms with Crippen molar-refractivity contribution in [1.29, 1.82) is 0 Å². The Balaban J connectivity index is 1.25. The highest BCUT2D eigenvalue weighted by Gasteiger charge is 2.12. The Hall–Kier alpha value is -6.83. The molecule has 0 radical (unpaired) electrons. The van der Waals surface area contributed by atoms with Gasteiger partial charge in [0.25, 0.3) is 5.69 Å². The molecule has 47 heavy (non-hydrogen) atoms. The van der Waals surface area contributed by atoms with Gasteiger partial charge in [0.15, 0.2) is 0 Å². The molecule has 0 aliphatic rings. The first-order valence-corrected chi connectivity index (χ1v) is 14.2. The Morgan fingerprint density at radius 1 is 0.574 bits per heavy atom. The molecule has 0 aliphatic heterocycles. The zero-order valence-corrected chi connectivity index (χ0v) is 25.2. The molecule has 0 fully saturated rings. The number of nitro benzene ring substituents is 1. The minimum absolute atomic E-state index is 0.00969. The second-order valence-electron chi connectivity index (χ2n) is 10.0. The molecule has 2 aromatic heterocycles. The van der Waals surface area contributed by atoms with Crippen LogP contribution in [0.5, 0.6) is 11.5 Å². The van der Waals surface area contributed by atoms with Crippen molar-refractivity contribution in [3.8, 4) is 34.0 Å². The van der Waals surface area contributed by atoms with Crippen LogP contribution >= 0.6 is 0 Å². The first-order chi connectivity index (χ1) is 22.8. The smallest absolute Gasteiger partial charge is 0.269 e. The van der Waals surface area contributed by atoms with Gasteiger partial charge in [-0.2, -0.15) is 15.0 Å². The maximum atomic E-state index is 11.0. The third-order valence-electron chi connectivity index (χ3n) is 6.88. The number of hydrogen-bond acceptors (Lipinski definition) is 13. The van der Waals surface area contributed by atoms with Gasteiger partial charge in [0, 0.05) is 40.3 Å². The van der Waals surface area contributed by atoms with Crippen molar-refractivity contribution < 1.29 is 14.4 Å². The van der Waals surface area contributed by atoms with Gasteiger partial charge in [-0.1, -0.05) is 12.1 Å². The van der Waals surface area contributed by atoms with Gasteiger partial charge >= 0.3 is 0 Å². The van der Waals surface area contributed by atoms with E-state index in [4.69, 9.17) is 15.2 Å². The summed E-state index contributed by atoms with van der Waals surface area (Å²) in [6, 6.07) is 30.1. The van der Waals surface area contributed by atoms with Crippen molar-refractivity contribution in [2.75, 3.05) is 35.9 Å². The van der Waals surface area contributed by atoms with Crippen LogP contribution in [0.25, 0.3) is 22.5 Å². The van der Waals surface area contributed by atoms with Crippen LogP contribution in [0.4, 0.5) is 46.5 Å². The summed E-state index contributed by atoms with van der Waals surface area (Å²) >= 11 is 0. The Morgan fingerprint density at radius 3 is 1.30 bits per heavy atom. The third-order valence-corrected chi connectivity index (χ3v) is 6.88. The number of non-ortho nitro benzene ring substituents is 1. The van der Waals surface area contributed by atoms with E-state index in [0.717, 1.165) is 28.4 Å². The topological polar surface area (TPSA) is 188 Å². The lowest BCUT2D eigenvalue weighted by molar-refractivity contribution is -0.384. The number of benzene rings is 4. The summed E-state index contributed by atoms with van der Waals surface area (Å²) in [6.45, 7) is 0. The fourth-order valence-corrected chi connectivity index (χ4v) is 4.52. The number of ether oxygens (including phenoxy) is 2. The highest BCUT2D eigenvalue weighted by Crippen LogP contribution is 2.28. The van der Waals surface area contributed by atoms with E-state index in [1.165, 1.54) is 12.1 Å². The molecule has 0 saturated heterocycles. The average Bonchev–Trinajstić information content (AvgIpc) is 3.09. The van der Waals surface area contributed by atoms with Crippen molar-refractivity contribution in [3.63, 3.8) is 0 Å². The second kappa shape index (κ2) is 13.4. The van der Waals surface area contributed by atoms with Crippen LogP contribution in [-0.2, 0) is 0 Å². The van der Waals surface area contributed by atoms with Crippen molar-refractivity contribution in [1.82, 2.24) is 24.9 Å². The summed E-state index contributed by atoms with van der Waals surface area (Å²) in [5.41, 5.74) is 10.9. The van der Waals surface area contributed by atoms with Crippen LogP contribution in [0, 0.1) is 10.1 Å². The van der Waals surface area contributed by atoms with E-state index in [1.807, 2.05) is 72.8 Å². The molecule has 0 atom stereocenters. The lowest BCUT2D eigenvalue weighted by Crippen LogP contribution is -2.07. The predicted molar refractivity (Wildman–Crippen MR) is 180 cm³/mol. The molecule has 0 unspecified atom stereocenters. The van der Waals surface area contributed by atoms with Crippen LogP contribution in [0.1, 0.15) is 0 Å². The number of hydrogen-bond donors (Lipinski definition) is 4. The molecule has 0 saturated carbocycles. The minimum atomic E-state index is -0.452. The van der Waals surface area contributed by atoms with Gasteiger partial charge in [0.2, 0.25) is 23.8 Å². The van der Waals surface area contributed by atoms with Crippen LogP contribution in [0.15, 0.2) is 103 Å². The first-order valence-electron chi connectivity index (χ1n) is 14.2. The SMILES string of the molecule is COc1ccc(Nc2nc(Nc3ccc(OC)cc3)nc(Nc3ccc(-c4cc(-c5ccc([N+](=O)[O-])cc5)nc(N)n4)cc3)n2)cc1. The fraction of sp³-hybridized carbons (Fsp3) is 0.0606. The number of aromatic nitrogens is 5. The van der Waals surface area contributed by atoms with Crippen molar-refractivity contribution in [3.05, 3.63) is 113 Å². The summed E-state index contributed by atoms with van der Waals surface area (Å²) in [5, 5.41) is 20.7. The Morgan fingerprint density at radius 2 is 0.936 bits per heavy atom. The summed E-state index contributed by atoms with van der Waals surface area (Å²) in [5.74, 6) is 2.46. The van der Waals surface area contributed by atoms with E-state index in [2.05, 4.69) is 40.9 Å². The second-order valence-corrected chi connectivity index (χ2v) is 10.0. The number of methoxy groups -OCH3 is 2. The van der Waals surface area contributed by atoms with E-state index >= 15 is 0 Å². The van der Waals surface area contributed by atoms with Crippen LogP contribution in [-0.4, -0.2) is 44.1 Å². The van der Waals surface area contributed by atoms with Gasteiger partial charge in [0.1, 0.15) is 11.5 Å². The molecule has 4 aromatic carbocycles. The number of rotatable bonds is 11. The zero-order valence-electron chi connectivity index (χ0n) is 25.2. The van der Waals surface area contributed by atoms with Crippen molar-refractivity contribution >= 4 is 46.5 Å². The Kier molecular flexibility index (Phi) is 8.64. The van der Waals surface area contributed by atoms with Crippen molar-refractivity contribution in [2.45, 2.75) is 0 Å². The molecular weight excluding hydrogens is 600 g/mol. The van der Waals surface area contributed by atoms with E-state index in [1.54, 1.807) is 32.4 Å². The maximum Gasteiger partial charge on any atom is 0.269 e. The summed E-state index contributed by atoms with van der Waals surface area (Å²) in [7, 11) is 3.22. The molecule has 6 rings (SSSR count). The van der Waals surface area contributed by atoms with Crippen LogP contribution < -0.4 is 31.2 Å². The molecule has 0 aliphatic carbocycles. The number of nitro groups is 1. The molecule has 0 bridgehead atoms. The number of nitrogens with one attached hydrogen (secondary N) is 3. The van der Waals surface area contributed by atoms with Crippen LogP contribution in [0.2, 0.25) is 0 Å². The van der Waals surface area contributed by atoms with Gasteiger partial charge in [-0.15, -0.1) is 0 Å². The molecule has 234 valence electrons. The highest BCUT2D eigenvalue weighted by atomic mass is 16.6. The summed E-state index contributed by atoms with van der Waals surface area (Å²) in [4.78, 5) is 33.0. The van der Waals surface area contributed by atoms with Gasteiger partial charge in [-0.3, -0.25) is 10.1 Å². The quantitative estimate of drug-likeness (QED) is 0.0873. The van der Waals surface area contributed by atoms with E-state index in [9.17, 15) is 10.1 Å². The molecule has 0 amide bonds. The number of nitrogen functional groups attached to an aromatic ring is 1. The maximum absolute atomic E-state index is 11.0. The normalized spacial score (nSPS) is 10.6. The van der Waals surface area contributed by atoms with Gasteiger partial charge in [-0.25, -0.2) is 9.97 Å². The van der Waals surface area contributed by atoms with Crippen molar-refractivity contribution in [2.24, 2.45) is 0 Å². The Labute approximate surface area is 268 Å². The molecule has 14 nitrogen and oxygen atoms in total. The molecule has 6 aromatic rings. The summed E-state index contributed by atoms with van der Waals surface area (Å²) < 4.78 is 10.5. The summed E-state index contributed by atoms with van der Waals surface area (Å²) in [6.07, 6.45) is 0. The third kappa shape index (κ3) is 7.46. The van der Waals surface area contributed by atoms with Crippen LogP contribution in [0.3, 0.4) is 0 Å². The zero-order chi connectivity index (χ0) is 32.8. The van der Waals surface area contributed by atoms with Gasteiger partial charge < -0.3 is 31.2 Å². The standard InChI is InChI=1S/C33H28N10O4/c1-46-26-15-9-23(10-16-26)36-32-40-31(41-33(42-32)37-24-11-17-27(47-2)18-12-24)35-22-7-3-20(4-8-22)28-19-29(39-30(34)38-28)21-5-13-25(14-6-21)43(44)45/h3-19H,1-2H3,(H2,34,38,39)(H3,35,36,37,40,41,42). The molecule has 5 N–H and O–H groups in total. The lowest BCUT2D eigenvalue weighted by atomic mass is 10.1. The molecule has 2 heterocycles.